The number of rotatable bonds is 46. The Bertz CT molecular complexity index is 1430. The summed E-state index contributed by atoms with van der Waals surface area (Å²) in [5.41, 5.74) is 0.631. The molecule has 0 bridgehead atoms. The van der Waals surface area contributed by atoms with Gasteiger partial charge >= 0.3 is 0 Å². The first kappa shape index (κ1) is 64.6. The van der Waals surface area contributed by atoms with Crippen LogP contribution in [0.2, 0.25) is 10.0 Å². The van der Waals surface area contributed by atoms with Gasteiger partial charge in [-0.05, 0) is 30.5 Å². The number of aliphatic hydroxyl groups excluding tert-OH is 5. The van der Waals surface area contributed by atoms with Crippen LogP contribution in [0.4, 0.5) is 0 Å². The third-order valence-corrected chi connectivity index (χ3v) is 15.0. The molecule has 1 aromatic rings. The number of carbonyl (C=O) groups is 2. The van der Waals surface area contributed by atoms with Gasteiger partial charge < -0.3 is 45.6 Å². The van der Waals surface area contributed by atoms with Crippen LogP contribution < -0.4 is 10.6 Å². The average Bonchev–Trinajstić information content (AvgIpc) is 3.35. The molecule has 408 valence electrons. The van der Waals surface area contributed by atoms with Crippen molar-refractivity contribution in [1.82, 2.24) is 10.6 Å². The number of nitrogens with one attached hydrogen (secondary N) is 2. The Morgan fingerprint density at radius 1 is 0.571 bits per heavy atom. The van der Waals surface area contributed by atoms with Crippen molar-refractivity contribution in [2.45, 2.75) is 307 Å². The standard InChI is InChI=1S/C57H102Cl2N2O9/c1-3-5-7-9-11-13-15-17-18-19-20-21-22-23-24-25-26-27-29-31-33-35-37-39-50(63)61-48(51(64)49(62)38-36-34-32-30-28-16-14-12-10-8-6-4-2)44-69-57-54(67)52(65)53(66)55(70-57)56(68)60-43-45-40-41-46(58)47(59)42-45/h40-42,48-49,51-55,57,62,64-67H,3-39,43-44H2,1-2H3,(H,60,68)(H,61,63)/t48-,49+,51-,52-,53+,54+,55-,57-/m0/s1. The Balaban J connectivity index is 1.74. The highest BCUT2D eigenvalue weighted by Gasteiger charge is 2.47. The van der Waals surface area contributed by atoms with Crippen LogP contribution in [0.15, 0.2) is 18.2 Å². The Morgan fingerprint density at radius 2 is 0.986 bits per heavy atom. The number of aliphatic hydroxyl groups is 5. The second-order valence-electron chi connectivity index (χ2n) is 20.6. The highest BCUT2D eigenvalue weighted by Crippen LogP contribution is 2.26. The molecule has 1 saturated heterocycles. The predicted octanol–water partition coefficient (Wildman–Crippen LogP) is 13.1. The quantitative estimate of drug-likeness (QED) is 0.0313. The number of unbranched alkanes of at least 4 members (excludes halogenated alkanes) is 33. The molecule has 7 N–H and O–H groups in total. The van der Waals surface area contributed by atoms with Crippen LogP contribution in [-0.2, 0) is 25.6 Å². The first-order chi connectivity index (χ1) is 34.0. The first-order valence-electron chi connectivity index (χ1n) is 28.7. The Morgan fingerprint density at radius 3 is 1.41 bits per heavy atom. The van der Waals surface area contributed by atoms with E-state index in [1.807, 2.05) is 0 Å². The van der Waals surface area contributed by atoms with E-state index in [1.54, 1.807) is 18.2 Å². The maximum absolute atomic E-state index is 13.3. The third kappa shape index (κ3) is 30.6. The monoisotopic (exact) mass is 1030 g/mol. The lowest BCUT2D eigenvalue weighted by molar-refractivity contribution is -0.293. The minimum absolute atomic E-state index is 0.0173. The molecule has 2 rings (SSSR count). The van der Waals surface area contributed by atoms with E-state index >= 15 is 0 Å². The second-order valence-corrected chi connectivity index (χ2v) is 21.4. The second kappa shape index (κ2) is 42.8. The molecule has 1 heterocycles. The fourth-order valence-corrected chi connectivity index (χ4v) is 9.87. The summed E-state index contributed by atoms with van der Waals surface area (Å²) in [6, 6.07) is 3.77. The lowest BCUT2D eigenvalue weighted by Crippen LogP contribution is -2.62. The number of hydrogen-bond acceptors (Lipinski definition) is 9. The molecule has 2 amide bonds. The maximum atomic E-state index is 13.3. The number of benzene rings is 1. The van der Waals surface area contributed by atoms with E-state index in [9.17, 15) is 35.1 Å². The number of amides is 2. The van der Waals surface area contributed by atoms with Crippen LogP contribution in [0.5, 0.6) is 0 Å². The van der Waals surface area contributed by atoms with Gasteiger partial charge in [-0.25, -0.2) is 0 Å². The molecule has 70 heavy (non-hydrogen) atoms. The molecule has 1 aliphatic heterocycles. The van der Waals surface area contributed by atoms with E-state index in [-0.39, 0.29) is 18.9 Å². The van der Waals surface area contributed by atoms with Crippen molar-refractivity contribution in [3.05, 3.63) is 33.8 Å². The van der Waals surface area contributed by atoms with Crippen LogP contribution in [0.1, 0.15) is 257 Å². The summed E-state index contributed by atoms with van der Waals surface area (Å²) in [6.07, 6.45) is 33.3. The predicted molar refractivity (Wildman–Crippen MR) is 287 cm³/mol. The van der Waals surface area contributed by atoms with Gasteiger partial charge in [-0.3, -0.25) is 9.59 Å². The molecule has 1 aromatic carbocycles. The van der Waals surface area contributed by atoms with E-state index in [4.69, 9.17) is 32.7 Å². The fraction of sp³-hybridized carbons (Fsp3) is 0.860. The summed E-state index contributed by atoms with van der Waals surface area (Å²) >= 11 is 12.1. The van der Waals surface area contributed by atoms with E-state index in [1.165, 1.54) is 173 Å². The zero-order valence-corrected chi connectivity index (χ0v) is 45.6. The highest BCUT2D eigenvalue weighted by atomic mass is 35.5. The molecule has 0 aliphatic carbocycles. The minimum atomic E-state index is -1.80. The maximum Gasteiger partial charge on any atom is 0.252 e. The van der Waals surface area contributed by atoms with Crippen LogP contribution >= 0.6 is 23.2 Å². The molecule has 8 atom stereocenters. The molecule has 0 radical (unpaired) electrons. The number of carbonyl (C=O) groups excluding carboxylic acids is 2. The Hall–Kier alpha value is -1.54. The molecule has 1 fully saturated rings. The van der Waals surface area contributed by atoms with Gasteiger partial charge in [-0.2, -0.15) is 0 Å². The summed E-state index contributed by atoms with van der Waals surface area (Å²) in [4.78, 5) is 26.4. The van der Waals surface area contributed by atoms with E-state index in [0.717, 1.165) is 38.5 Å². The zero-order valence-electron chi connectivity index (χ0n) is 44.1. The zero-order chi connectivity index (χ0) is 51.0. The molecule has 1 aliphatic rings. The number of hydrogen-bond donors (Lipinski definition) is 7. The van der Waals surface area contributed by atoms with Crippen molar-refractivity contribution in [1.29, 1.82) is 0 Å². The van der Waals surface area contributed by atoms with Gasteiger partial charge in [0.1, 0.15) is 24.4 Å². The molecular formula is C57H102Cl2N2O9. The van der Waals surface area contributed by atoms with E-state index < -0.39 is 61.5 Å². The van der Waals surface area contributed by atoms with Gasteiger partial charge in [0.2, 0.25) is 5.91 Å². The molecule has 11 nitrogen and oxygen atoms in total. The van der Waals surface area contributed by atoms with E-state index in [2.05, 4.69) is 24.5 Å². The van der Waals surface area contributed by atoms with Crippen molar-refractivity contribution >= 4 is 35.0 Å². The van der Waals surface area contributed by atoms with Gasteiger partial charge in [0, 0.05) is 13.0 Å². The average molecular weight is 1030 g/mol. The first-order valence-corrected chi connectivity index (χ1v) is 29.4. The van der Waals surface area contributed by atoms with Gasteiger partial charge in [-0.1, -0.05) is 261 Å². The molecule has 0 spiro atoms. The summed E-state index contributed by atoms with van der Waals surface area (Å²) in [5.74, 6) is -1.06. The van der Waals surface area contributed by atoms with Crippen molar-refractivity contribution < 1.29 is 44.6 Å². The Kier molecular flexibility index (Phi) is 39.5. The van der Waals surface area contributed by atoms with Gasteiger partial charge in [0.15, 0.2) is 12.4 Å². The van der Waals surface area contributed by atoms with Crippen molar-refractivity contribution in [3.63, 3.8) is 0 Å². The summed E-state index contributed by atoms with van der Waals surface area (Å²) < 4.78 is 11.6. The molecular weight excluding hydrogens is 928 g/mol. The van der Waals surface area contributed by atoms with Gasteiger partial charge in [0.05, 0.1) is 28.8 Å². The SMILES string of the molecule is CCCCCCCCCCCCCCCCCCCCCCCCCC(=O)N[C@@H](CO[C@H]1O[C@H](C(=O)NCc2ccc(Cl)c(Cl)c2)[C@H](O)[C@H](O)[C@H]1O)[C@H](O)[C@H](O)CCCCCCCCCCCCCC. The Labute approximate surface area is 435 Å². The highest BCUT2D eigenvalue weighted by molar-refractivity contribution is 6.42. The van der Waals surface area contributed by atoms with Crippen molar-refractivity contribution in [3.8, 4) is 0 Å². The molecule has 0 aromatic heterocycles. The van der Waals surface area contributed by atoms with Crippen LogP contribution in [-0.4, -0.2) is 92.9 Å². The largest absolute Gasteiger partial charge is 0.390 e. The smallest absolute Gasteiger partial charge is 0.252 e. The lowest BCUT2D eigenvalue weighted by atomic mass is 9.97. The summed E-state index contributed by atoms with van der Waals surface area (Å²) in [6.45, 7) is 4.13. The van der Waals surface area contributed by atoms with Gasteiger partial charge in [-0.15, -0.1) is 0 Å². The molecule has 0 saturated carbocycles. The topological polar surface area (TPSA) is 178 Å². The van der Waals surface area contributed by atoms with Crippen LogP contribution in [0.3, 0.4) is 0 Å². The van der Waals surface area contributed by atoms with E-state index in [0.29, 0.717) is 34.9 Å². The van der Waals surface area contributed by atoms with Crippen molar-refractivity contribution in [2.75, 3.05) is 6.61 Å². The molecule has 13 heteroatoms. The fourth-order valence-electron chi connectivity index (χ4n) is 9.55. The van der Waals surface area contributed by atoms with Gasteiger partial charge in [0.25, 0.3) is 5.91 Å². The molecule has 0 unspecified atom stereocenters. The third-order valence-electron chi connectivity index (χ3n) is 14.2. The summed E-state index contributed by atoms with van der Waals surface area (Å²) in [7, 11) is 0. The summed E-state index contributed by atoms with van der Waals surface area (Å²) in [5, 5.41) is 60.9. The number of ether oxygens (including phenoxy) is 2. The number of halogens is 2. The lowest BCUT2D eigenvalue weighted by Gasteiger charge is -2.40. The van der Waals surface area contributed by atoms with Crippen molar-refractivity contribution in [2.24, 2.45) is 0 Å². The normalized spacial score (nSPS) is 19.5. The minimum Gasteiger partial charge on any atom is -0.390 e. The van der Waals surface area contributed by atoms with Crippen LogP contribution in [0, 0.1) is 0 Å². The van der Waals surface area contributed by atoms with Crippen LogP contribution in [0.25, 0.3) is 0 Å².